The fourth-order valence-electron chi connectivity index (χ4n) is 3.56. The van der Waals surface area contributed by atoms with Gasteiger partial charge in [-0.2, -0.15) is 0 Å². The zero-order valence-electron chi connectivity index (χ0n) is 16.7. The summed E-state index contributed by atoms with van der Waals surface area (Å²) in [4.78, 5) is 51.7. The summed E-state index contributed by atoms with van der Waals surface area (Å²) in [6, 6.07) is 6.65. The van der Waals surface area contributed by atoms with Gasteiger partial charge in [0, 0.05) is 32.1 Å². The van der Waals surface area contributed by atoms with Crippen molar-refractivity contribution in [1.82, 2.24) is 15.1 Å². The first-order chi connectivity index (χ1) is 14.0. The van der Waals surface area contributed by atoms with Crippen molar-refractivity contribution >= 4 is 23.8 Å². The van der Waals surface area contributed by atoms with Crippen molar-refractivity contribution in [2.75, 3.05) is 26.2 Å². The minimum atomic E-state index is -0.353. The van der Waals surface area contributed by atoms with Crippen LogP contribution in [0.25, 0.3) is 0 Å². The lowest BCUT2D eigenvalue weighted by Gasteiger charge is -2.31. The molecule has 0 saturated carbocycles. The van der Waals surface area contributed by atoms with Crippen LogP contribution in [-0.2, 0) is 9.53 Å². The van der Waals surface area contributed by atoms with Crippen LogP contribution in [-0.4, -0.2) is 65.9 Å². The van der Waals surface area contributed by atoms with Gasteiger partial charge in [-0.3, -0.25) is 19.3 Å². The summed E-state index contributed by atoms with van der Waals surface area (Å²) < 4.78 is 5.21. The van der Waals surface area contributed by atoms with Gasteiger partial charge >= 0.3 is 6.09 Å². The number of fused-ring (bicyclic) bond motifs is 1. The number of nitrogens with one attached hydrogen (secondary N) is 1. The van der Waals surface area contributed by atoms with Gasteiger partial charge in [-0.15, -0.1) is 0 Å². The van der Waals surface area contributed by atoms with Gasteiger partial charge in [0.15, 0.2) is 0 Å². The summed E-state index contributed by atoms with van der Waals surface area (Å²) in [5, 5.41) is 2.94. The molecule has 2 heterocycles. The van der Waals surface area contributed by atoms with Crippen LogP contribution in [0.15, 0.2) is 24.3 Å². The number of carbonyl (C=O) groups is 4. The largest absolute Gasteiger partial charge is 0.449 e. The number of nitrogens with zero attached hydrogens (tertiary/aromatic N) is 2. The molecule has 3 rings (SSSR count). The molecule has 8 heteroatoms. The van der Waals surface area contributed by atoms with E-state index in [9.17, 15) is 19.2 Å². The molecule has 0 radical (unpaired) electrons. The minimum absolute atomic E-state index is 0.0237. The maximum absolute atomic E-state index is 12.3. The van der Waals surface area contributed by atoms with Crippen molar-refractivity contribution in [3.8, 4) is 0 Å². The van der Waals surface area contributed by atoms with Crippen LogP contribution < -0.4 is 5.32 Å². The van der Waals surface area contributed by atoms with Crippen LogP contribution in [0.4, 0.5) is 4.79 Å². The van der Waals surface area contributed by atoms with Gasteiger partial charge in [0.2, 0.25) is 5.91 Å². The summed E-state index contributed by atoms with van der Waals surface area (Å²) in [5.41, 5.74) is 0.771. The topological polar surface area (TPSA) is 96.0 Å². The molecule has 8 nitrogen and oxygen atoms in total. The first kappa shape index (κ1) is 20.8. The lowest BCUT2D eigenvalue weighted by atomic mass is 10.1. The van der Waals surface area contributed by atoms with Gasteiger partial charge in [-0.1, -0.05) is 25.5 Å². The van der Waals surface area contributed by atoms with Crippen LogP contribution in [0.1, 0.15) is 59.7 Å². The van der Waals surface area contributed by atoms with Gasteiger partial charge < -0.3 is 15.0 Å². The number of hydrogen-bond acceptors (Lipinski definition) is 5. The summed E-state index contributed by atoms with van der Waals surface area (Å²) in [6.07, 6.45) is 2.90. The highest BCUT2D eigenvalue weighted by molar-refractivity contribution is 6.21. The molecule has 2 aliphatic rings. The van der Waals surface area contributed by atoms with E-state index in [4.69, 9.17) is 4.74 Å². The molecule has 1 N–H and O–H groups in total. The van der Waals surface area contributed by atoms with Gasteiger partial charge in [0.25, 0.3) is 11.8 Å². The molecular formula is C21H27N3O5. The third kappa shape index (κ3) is 4.93. The van der Waals surface area contributed by atoms with Crippen molar-refractivity contribution in [1.29, 1.82) is 0 Å². The highest BCUT2D eigenvalue weighted by atomic mass is 16.6. The van der Waals surface area contributed by atoms with E-state index in [1.165, 1.54) is 0 Å². The lowest BCUT2D eigenvalue weighted by molar-refractivity contribution is -0.122. The third-order valence-corrected chi connectivity index (χ3v) is 5.28. The molecule has 0 atom stereocenters. The Hall–Kier alpha value is -2.90. The lowest BCUT2D eigenvalue weighted by Crippen LogP contribution is -2.47. The molecule has 4 amide bonds. The number of unbranched alkanes of at least 4 members (excludes halogenated alkanes) is 1. The van der Waals surface area contributed by atoms with Crippen molar-refractivity contribution < 1.29 is 23.9 Å². The second-order valence-electron chi connectivity index (χ2n) is 7.35. The summed E-state index contributed by atoms with van der Waals surface area (Å²) in [7, 11) is 0. The Labute approximate surface area is 170 Å². The van der Waals surface area contributed by atoms with Crippen molar-refractivity contribution in [3.63, 3.8) is 0 Å². The summed E-state index contributed by atoms with van der Waals surface area (Å²) >= 11 is 0. The van der Waals surface area contributed by atoms with Crippen LogP contribution in [0.3, 0.4) is 0 Å². The minimum Gasteiger partial charge on any atom is -0.449 e. The Morgan fingerprint density at radius 3 is 2.31 bits per heavy atom. The second kappa shape index (κ2) is 9.54. The molecule has 0 spiro atoms. The smallest absolute Gasteiger partial charge is 0.409 e. The van der Waals surface area contributed by atoms with E-state index >= 15 is 0 Å². The number of ether oxygens (including phenoxy) is 1. The number of imide groups is 1. The van der Waals surface area contributed by atoms with Crippen molar-refractivity contribution in [2.24, 2.45) is 0 Å². The third-order valence-electron chi connectivity index (χ3n) is 5.28. The Bertz CT molecular complexity index is 751. The molecule has 0 aliphatic carbocycles. The zero-order valence-corrected chi connectivity index (χ0v) is 16.7. The predicted octanol–water partition coefficient (Wildman–Crippen LogP) is 2.19. The van der Waals surface area contributed by atoms with E-state index in [0.717, 1.165) is 17.7 Å². The molecule has 0 bridgehead atoms. The van der Waals surface area contributed by atoms with Gasteiger partial charge in [-0.25, -0.2) is 4.79 Å². The molecule has 156 valence electrons. The molecule has 1 saturated heterocycles. The fraction of sp³-hybridized carbons (Fsp3) is 0.524. The van der Waals surface area contributed by atoms with E-state index in [1.807, 2.05) is 6.92 Å². The Morgan fingerprint density at radius 2 is 1.72 bits per heavy atom. The van der Waals surface area contributed by atoms with Crippen LogP contribution in [0, 0.1) is 0 Å². The molecule has 1 fully saturated rings. The average Bonchev–Trinajstić information content (AvgIpc) is 2.97. The van der Waals surface area contributed by atoms with Crippen LogP contribution in [0.2, 0.25) is 0 Å². The van der Waals surface area contributed by atoms with Crippen LogP contribution >= 0.6 is 0 Å². The highest BCUT2D eigenvalue weighted by Gasteiger charge is 2.35. The maximum atomic E-state index is 12.3. The van der Waals surface area contributed by atoms with Gasteiger partial charge in [-0.05, 0) is 31.4 Å². The molecule has 0 aromatic heterocycles. The first-order valence-corrected chi connectivity index (χ1v) is 10.2. The molecular weight excluding hydrogens is 374 g/mol. The Morgan fingerprint density at radius 1 is 1.10 bits per heavy atom. The van der Waals surface area contributed by atoms with Gasteiger partial charge in [0.1, 0.15) is 0 Å². The van der Waals surface area contributed by atoms with Crippen molar-refractivity contribution in [2.45, 2.75) is 45.1 Å². The number of amides is 4. The van der Waals surface area contributed by atoms with E-state index < -0.39 is 0 Å². The number of likely N-dealkylation sites (tertiary alicyclic amines) is 1. The number of hydrogen-bond donors (Lipinski definition) is 1. The van der Waals surface area contributed by atoms with E-state index in [2.05, 4.69) is 5.32 Å². The monoisotopic (exact) mass is 401 g/mol. The number of piperidine rings is 1. The standard InChI is InChI=1S/C21H27N3O5/c1-2-3-14-29-21(28)23-11-8-15(9-12-23)22-18(25)10-13-24-19(26)16-6-4-5-7-17(16)20(24)27/h4-7,15H,2-3,8-14H2,1H3,(H,22,25). The fourth-order valence-corrected chi connectivity index (χ4v) is 3.56. The summed E-state index contributed by atoms with van der Waals surface area (Å²) in [5.74, 6) is -0.910. The molecule has 1 aromatic rings. The quantitative estimate of drug-likeness (QED) is 0.558. The average molecular weight is 401 g/mol. The molecule has 1 aromatic carbocycles. The summed E-state index contributed by atoms with van der Waals surface area (Å²) in [6.45, 7) is 3.60. The Balaban J connectivity index is 1.40. The molecule has 0 unspecified atom stereocenters. The zero-order chi connectivity index (χ0) is 20.8. The normalized spacial score (nSPS) is 16.7. The highest BCUT2D eigenvalue weighted by Crippen LogP contribution is 2.22. The molecule has 2 aliphatic heterocycles. The van der Waals surface area contributed by atoms with Gasteiger partial charge in [0.05, 0.1) is 17.7 Å². The van der Waals surface area contributed by atoms with Crippen LogP contribution in [0.5, 0.6) is 0 Å². The number of carbonyl (C=O) groups excluding carboxylic acids is 4. The predicted molar refractivity (Wildman–Crippen MR) is 105 cm³/mol. The van der Waals surface area contributed by atoms with Crippen molar-refractivity contribution in [3.05, 3.63) is 35.4 Å². The van der Waals surface area contributed by atoms with E-state index in [-0.39, 0.29) is 42.8 Å². The number of benzene rings is 1. The SMILES string of the molecule is CCCCOC(=O)N1CCC(NC(=O)CCN2C(=O)c3ccccc3C2=O)CC1. The van der Waals surface area contributed by atoms with E-state index in [1.54, 1.807) is 29.2 Å². The second-order valence-corrected chi connectivity index (χ2v) is 7.35. The first-order valence-electron chi connectivity index (χ1n) is 10.2. The number of rotatable bonds is 7. The van der Waals surface area contributed by atoms with E-state index in [0.29, 0.717) is 43.7 Å². The maximum Gasteiger partial charge on any atom is 0.409 e. The molecule has 29 heavy (non-hydrogen) atoms. The Kier molecular flexibility index (Phi) is 6.85.